The molecule has 0 fully saturated rings. The molecule has 1 amide bonds. The van der Waals surface area contributed by atoms with E-state index in [4.69, 9.17) is 11.6 Å². The second-order valence-electron chi connectivity index (χ2n) is 5.54. The van der Waals surface area contributed by atoms with Crippen molar-refractivity contribution in [2.24, 2.45) is 0 Å². The van der Waals surface area contributed by atoms with Crippen LogP contribution in [0.25, 0.3) is 0 Å². The smallest absolute Gasteiger partial charge is 0.283 e. The Balaban J connectivity index is 2.03. The number of nitrogens with zero attached hydrogens (tertiary/aromatic N) is 2. The molecule has 25 heavy (non-hydrogen) atoms. The Morgan fingerprint density at radius 1 is 1.28 bits per heavy atom. The Morgan fingerprint density at radius 3 is 2.64 bits per heavy atom. The van der Waals surface area contributed by atoms with Gasteiger partial charge in [-0.25, -0.2) is 0 Å². The van der Waals surface area contributed by atoms with Crippen molar-refractivity contribution in [3.05, 3.63) is 68.7 Å². The number of benzene rings is 2. The average Bonchev–Trinajstić information content (AvgIpc) is 2.59. The molecule has 0 atom stereocenters. The van der Waals surface area contributed by atoms with Crippen LogP contribution in [0, 0.1) is 17.0 Å². The molecule has 7 heteroatoms. The number of hydrogen-bond donors (Lipinski definition) is 1. The predicted octanol–water partition coefficient (Wildman–Crippen LogP) is 3.81. The number of anilines is 1. The second kappa shape index (κ2) is 8.48. The number of nitro groups is 1. The summed E-state index contributed by atoms with van der Waals surface area (Å²) in [6.07, 6.45) is 0. The van der Waals surface area contributed by atoms with Gasteiger partial charge in [0, 0.05) is 36.4 Å². The number of likely N-dealkylation sites (N-methyl/N-ethyl adjacent to an activating group) is 1. The summed E-state index contributed by atoms with van der Waals surface area (Å²) in [5, 5.41) is 14.0. The van der Waals surface area contributed by atoms with E-state index in [1.807, 2.05) is 38.1 Å². The molecule has 6 nitrogen and oxygen atoms in total. The van der Waals surface area contributed by atoms with Gasteiger partial charge in [-0.2, -0.15) is 0 Å². The van der Waals surface area contributed by atoms with E-state index in [2.05, 4.69) is 10.2 Å². The Kier molecular flexibility index (Phi) is 6.36. The molecule has 0 heterocycles. The zero-order valence-electron chi connectivity index (χ0n) is 14.2. The van der Waals surface area contributed by atoms with Gasteiger partial charge in [0.1, 0.15) is 5.56 Å². The monoisotopic (exact) mass is 361 g/mol. The standard InChI is InChI=1S/C18H20ClN3O3/c1-3-21(16-7-5-4-6-13(16)2)11-10-20-18(23)15-9-8-14(19)12-17(15)22(24)25/h4-9,12H,3,10-11H2,1-2H3,(H,20,23). The van der Waals surface area contributed by atoms with Crippen LogP contribution in [0.4, 0.5) is 11.4 Å². The summed E-state index contributed by atoms with van der Waals surface area (Å²) in [5.74, 6) is -0.482. The highest BCUT2D eigenvalue weighted by molar-refractivity contribution is 6.31. The molecular formula is C18H20ClN3O3. The van der Waals surface area contributed by atoms with Crippen LogP contribution in [0.15, 0.2) is 42.5 Å². The number of amides is 1. The normalized spacial score (nSPS) is 10.4. The third-order valence-electron chi connectivity index (χ3n) is 3.91. The van der Waals surface area contributed by atoms with Gasteiger partial charge in [0.15, 0.2) is 0 Å². The van der Waals surface area contributed by atoms with Gasteiger partial charge < -0.3 is 10.2 Å². The van der Waals surface area contributed by atoms with Crippen molar-refractivity contribution in [2.45, 2.75) is 13.8 Å². The summed E-state index contributed by atoms with van der Waals surface area (Å²) in [6, 6.07) is 12.0. The first kappa shape index (κ1) is 18.7. The van der Waals surface area contributed by atoms with Crippen molar-refractivity contribution in [3.63, 3.8) is 0 Å². The summed E-state index contributed by atoms with van der Waals surface area (Å²) in [6.45, 7) is 5.85. The Bertz CT molecular complexity index is 780. The summed E-state index contributed by atoms with van der Waals surface area (Å²) in [4.78, 5) is 24.9. The Labute approximate surface area is 151 Å². The van der Waals surface area contributed by atoms with Gasteiger partial charge >= 0.3 is 0 Å². The van der Waals surface area contributed by atoms with Crippen LogP contribution in [-0.2, 0) is 0 Å². The first-order chi connectivity index (χ1) is 11.9. The molecular weight excluding hydrogens is 342 g/mol. The molecule has 0 unspecified atom stereocenters. The fourth-order valence-electron chi connectivity index (χ4n) is 2.61. The van der Waals surface area contributed by atoms with Crippen LogP contribution < -0.4 is 10.2 Å². The molecule has 2 aromatic rings. The fourth-order valence-corrected chi connectivity index (χ4v) is 2.78. The number of nitro benzene ring substituents is 1. The van der Waals surface area contributed by atoms with Crippen molar-refractivity contribution >= 4 is 28.9 Å². The van der Waals surface area contributed by atoms with Gasteiger partial charge in [-0.3, -0.25) is 14.9 Å². The van der Waals surface area contributed by atoms with Gasteiger partial charge in [-0.15, -0.1) is 0 Å². The van der Waals surface area contributed by atoms with Gasteiger partial charge in [0.25, 0.3) is 11.6 Å². The molecule has 2 rings (SSSR count). The van der Waals surface area contributed by atoms with Crippen molar-refractivity contribution in [3.8, 4) is 0 Å². The van der Waals surface area contributed by atoms with E-state index in [0.29, 0.717) is 13.1 Å². The topological polar surface area (TPSA) is 75.5 Å². The van der Waals surface area contributed by atoms with Crippen molar-refractivity contribution in [1.82, 2.24) is 5.32 Å². The molecule has 0 aliphatic heterocycles. The van der Waals surface area contributed by atoms with Crippen LogP contribution >= 0.6 is 11.6 Å². The van der Waals surface area contributed by atoms with Gasteiger partial charge in [0.2, 0.25) is 0 Å². The maximum Gasteiger partial charge on any atom is 0.283 e. The van der Waals surface area contributed by atoms with Gasteiger partial charge in [0.05, 0.1) is 4.92 Å². The lowest BCUT2D eigenvalue weighted by Crippen LogP contribution is -2.35. The van der Waals surface area contributed by atoms with E-state index in [0.717, 1.165) is 17.8 Å². The zero-order chi connectivity index (χ0) is 18.4. The number of nitrogens with one attached hydrogen (secondary N) is 1. The summed E-state index contributed by atoms with van der Waals surface area (Å²) >= 11 is 5.77. The first-order valence-corrected chi connectivity index (χ1v) is 8.34. The fraction of sp³-hybridized carbons (Fsp3) is 0.278. The number of carbonyl (C=O) groups excluding carboxylic acids is 1. The van der Waals surface area contributed by atoms with Gasteiger partial charge in [-0.05, 0) is 37.6 Å². The summed E-state index contributed by atoms with van der Waals surface area (Å²) in [5.41, 5.74) is 1.98. The quantitative estimate of drug-likeness (QED) is 0.601. The van der Waals surface area contributed by atoms with E-state index >= 15 is 0 Å². The van der Waals surface area contributed by atoms with Crippen LogP contribution in [0.2, 0.25) is 5.02 Å². The number of para-hydroxylation sites is 1. The molecule has 0 spiro atoms. The van der Waals surface area contributed by atoms with Crippen LogP contribution in [0.5, 0.6) is 0 Å². The maximum absolute atomic E-state index is 12.3. The molecule has 132 valence electrons. The molecule has 0 bridgehead atoms. The molecule has 0 aliphatic rings. The predicted molar refractivity (Wildman–Crippen MR) is 99.5 cm³/mol. The summed E-state index contributed by atoms with van der Waals surface area (Å²) < 4.78 is 0. The number of rotatable bonds is 7. The molecule has 0 aliphatic carbocycles. The van der Waals surface area contributed by atoms with E-state index in [9.17, 15) is 14.9 Å². The van der Waals surface area contributed by atoms with Crippen molar-refractivity contribution in [2.75, 3.05) is 24.5 Å². The first-order valence-electron chi connectivity index (χ1n) is 7.96. The summed E-state index contributed by atoms with van der Waals surface area (Å²) in [7, 11) is 0. The van der Waals surface area contributed by atoms with E-state index in [1.54, 1.807) is 0 Å². The highest BCUT2D eigenvalue weighted by Crippen LogP contribution is 2.23. The number of hydrogen-bond acceptors (Lipinski definition) is 4. The molecule has 0 saturated heterocycles. The lowest BCUT2D eigenvalue weighted by atomic mass is 10.1. The highest BCUT2D eigenvalue weighted by atomic mass is 35.5. The lowest BCUT2D eigenvalue weighted by Gasteiger charge is -2.25. The Morgan fingerprint density at radius 2 is 2.00 bits per heavy atom. The minimum atomic E-state index is -0.605. The van der Waals surface area contributed by atoms with Crippen LogP contribution in [0.1, 0.15) is 22.8 Å². The Hall–Kier alpha value is -2.60. The van der Waals surface area contributed by atoms with Crippen molar-refractivity contribution in [1.29, 1.82) is 0 Å². The van der Waals surface area contributed by atoms with Crippen molar-refractivity contribution < 1.29 is 9.72 Å². The largest absolute Gasteiger partial charge is 0.370 e. The van der Waals surface area contributed by atoms with Gasteiger partial charge in [-0.1, -0.05) is 29.8 Å². The minimum Gasteiger partial charge on any atom is -0.370 e. The third-order valence-corrected chi connectivity index (χ3v) is 4.14. The lowest BCUT2D eigenvalue weighted by molar-refractivity contribution is -0.385. The van der Waals surface area contributed by atoms with Crippen LogP contribution in [-0.4, -0.2) is 30.5 Å². The molecule has 0 aromatic heterocycles. The van der Waals surface area contributed by atoms with E-state index in [-0.39, 0.29) is 16.3 Å². The number of halogens is 1. The average molecular weight is 362 g/mol. The number of aryl methyl sites for hydroxylation is 1. The SMILES string of the molecule is CCN(CCNC(=O)c1ccc(Cl)cc1[N+](=O)[O-])c1ccccc1C. The molecule has 0 radical (unpaired) electrons. The second-order valence-corrected chi connectivity index (χ2v) is 5.98. The third kappa shape index (κ3) is 4.70. The molecule has 0 saturated carbocycles. The molecule has 2 aromatic carbocycles. The molecule has 1 N–H and O–H groups in total. The zero-order valence-corrected chi connectivity index (χ0v) is 14.9. The number of carbonyl (C=O) groups is 1. The highest BCUT2D eigenvalue weighted by Gasteiger charge is 2.20. The maximum atomic E-state index is 12.3. The van der Waals surface area contributed by atoms with E-state index in [1.165, 1.54) is 18.2 Å². The van der Waals surface area contributed by atoms with E-state index < -0.39 is 10.8 Å². The van der Waals surface area contributed by atoms with Crippen LogP contribution in [0.3, 0.4) is 0 Å². The minimum absolute atomic E-state index is 0.00772.